The van der Waals surface area contributed by atoms with E-state index in [-0.39, 0.29) is 0 Å². The molecule has 1 aliphatic rings. The molecule has 0 aromatic heterocycles. The Balaban J connectivity index is 1.44. The van der Waals surface area contributed by atoms with Crippen LogP contribution in [0, 0.1) is 0 Å². The SMILES string of the molecule is C=C/C(=C\C)N(c1ccccc1)c1ccc(-c2ccc(N(C3=CCCC=C3)c3ccccc3)c3ccccc23)cc1. The molecule has 41 heavy (non-hydrogen) atoms. The van der Waals surface area contributed by atoms with Crippen molar-refractivity contribution < 1.29 is 0 Å². The second-order valence-corrected chi connectivity index (χ2v) is 10.1. The van der Waals surface area contributed by atoms with Crippen molar-refractivity contribution in [3.63, 3.8) is 0 Å². The molecule has 2 nitrogen and oxygen atoms in total. The van der Waals surface area contributed by atoms with Gasteiger partial charge in [-0.3, -0.25) is 0 Å². The van der Waals surface area contributed by atoms with Crippen molar-refractivity contribution >= 4 is 33.5 Å². The van der Waals surface area contributed by atoms with E-state index in [2.05, 4.69) is 156 Å². The zero-order valence-electron chi connectivity index (χ0n) is 23.4. The molecule has 0 heterocycles. The summed E-state index contributed by atoms with van der Waals surface area (Å²) in [5.74, 6) is 0. The standard InChI is InChI=1S/C39H34N2/c1-3-31(4-2)40(32-16-8-5-9-17-32)35-26-24-30(25-27-35)36-28-29-39(38-23-15-14-22-37(36)38)41(33-18-10-6-11-19-33)34-20-12-7-13-21-34/h3-6,8-12,14-29H,1,7,13H2,2H3/b31-4+. The van der Waals surface area contributed by atoms with E-state index in [0.717, 1.165) is 35.6 Å². The third kappa shape index (κ3) is 5.25. The van der Waals surface area contributed by atoms with Gasteiger partial charge >= 0.3 is 0 Å². The highest BCUT2D eigenvalue weighted by atomic mass is 15.2. The lowest BCUT2D eigenvalue weighted by molar-refractivity contribution is 0.998. The summed E-state index contributed by atoms with van der Waals surface area (Å²) in [5.41, 5.74) is 9.22. The third-order valence-corrected chi connectivity index (χ3v) is 7.60. The first kappa shape index (κ1) is 26.2. The van der Waals surface area contributed by atoms with Crippen LogP contribution in [0.1, 0.15) is 19.8 Å². The van der Waals surface area contributed by atoms with Crippen LogP contribution in [-0.4, -0.2) is 0 Å². The molecular weight excluding hydrogens is 496 g/mol. The van der Waals surface area contributed by atoms with Gasteiger partial charge in [0.1, 0.15) is 0 Å². The molecule has 0 saturated heterocycles. The van der Waals surface area contributed by atoms with E-state index >= 15 is 0 Å². The Hall–Kier alpha value is -5.08. The summed E-state index contributed by atoms with van der Waals surface area (Å²) < 4.78 is 0. The molecule has 0 amide bonds. The first-order valence-corrected chi connectivity index (χ1v) is 14.3. The molecule has 0 spiro atoms. The largest absolute Gasteiger partial charge is 0.311 e. The minimum absolute atomic E-state index is 1.05. The van der Waals surface area contributed by atoms with Gasteiger partial charge in [-0.2, -0.15) is 0 Å². The van der Waals surface area contributed by atoms with Crippen LogP contribution in [0.5, 0.6) is 0 Å². The van der Waals surface area contributed by atoms with E-state index in [1.54, 1.807) is 0 Å². The fourth-order valence-electron chi connectivity index (χ4n) is 5.65. The normalized spacial score (nSPS) is 13.1. The smallest absolute Gasteiger partial charge is 0.0540 e. The Morgan fingerprint density at radius 3 is 1.93 bits per heavy atom. The summed E-state index contributed by atoms with van der Waals surface area (Å²) in [6.07, 6.45) is 13.0. The van der Waals surface area contributed by atoms with Crippen molar-refractivity contribution in [1.29, 1.82) is 0 Å². The number of benzene rings is 5. The second-order valence-electron chi connectivity index (χ2n) is 10.1. The number of para-hydroxylation sites is 2. The number of anilines is 4. The molecular formula is C39H34N2. The van der Waals surface area contributed by atoms with E-state index in [1.807, 2.05) is 19.1 Å². The molecule has 2 heteroatoms. The molecule has 0 atom stereocenters. The predicted molar refractivity (Wildman–Crippen MR) is 177 cm³/mol. The monoisotopic (exact) mass is 530 g/mol. The Morgan fingerprint density at radius 2 is 1.29 bits per heavy atom. The first-order chi connectivity index (χ1) is 20.3. The molecule has 0 N–H and O–H groups in total. The van der Waals surface area contributed by atoms with Crippen LogP contribution in [0.25, 0.3) is 21.9 Å². The number of hydrogen-bond donors (Lipinski definition) is 0. The third-order valence-electron chi connectivity index (χ3n) is 7.60. The number of allylic oxidation sites excluding steroid dienone is 5. The van der Waals surface area contributed by atoms with Crippen molar-refractivity contribution in [1.82, 2.24) is 0 Å². The van der Waals surface area contributed by atoms with Crippen LogP contribution in [0.15, 0.2) is 170 Å². The molecule has 0 unspecified atom stereocenters. The highest BCUT2D eigenvalue weighted by Gasteiger charge is 2.19. The Labute approximate surface area is 243 Å². The maximum Gasteiger partial charge on any atom is 0.0540 e. The van der Waals surface area contributed by atoms with Gasteiger partial charge in [0.05, 0.1) is 5.69 Å². The molecule has 0 radical (unpaired) electrons. The summed E-state index contributed by atoms with van der Waals surface area (Å²) in [6.45, 7) is 6.11. The summed E-state index contributed by atoms with van der Waals surface area (Å²) in [5, 5.41) is 2.46. The minimum atomic E-state index is 1.05. The molecule has 0 bridgehead atoms. The maximum absolute atomic E-state index is 4.06. The van der Waals surface area contributed by atoms with Gasteiger partial charge in [-0.1, -0.05) is 104 Å². The van der Waals surface area contributed by atoms with Crippen molar-refractivity contribution in [2.75, 3.05) is 9.80 Å². The zero-order chi connectivity index (χ0) is 28.0. The maximum atomic E-state index is 4.06. The summed E-state index contributed by atoms with van der Waals surface area (Å²) in [6, 6.07) is 43.2. The Kier molecular flexibility index (Phi) is 7.64. The second kappa shape index (κ2) is 12.0. The van der Waals surface area contributed by atoms with E-state index < -0.39 is 0 Å². The number of rotatable bonds is 8. The molecule has 0 fully saturated rings. The molecule has 5 aromatic rings. The molecule has 200 valence electrons. The first-order valence-electron chi connectivity index (χ1n) is 14.3. The van der Waals surface area contributed by atoms with E-state index in [0.29, 0.717) is 0 Å². The van der Waals surface area contributed by atoms with Crippen molar-refractivity contribution in [3.8, 4) is 11.1 Å². The van der Waals surface area contributed by atoms with Gasteiger partial charge < -0.3 is 9.80 Å². The lowest BCUT2D eigenvalue weighted by atomic mass is 9.95. The van der Waals surface area contributed by atoms with Gasteiger partial charge in [-0.25, -0.2) is 0 Å². The topological polar surface area (TPSA) is 6.48 Å². The van der Waals surface area contributed by atoms with Crippen LogP contribution in [0.2, 0.25) is 0 Å². The van der Waals surface area contributed by atoms with Gasteiger partial charge in [0.25, 0.3) is 0 Å². The number of hydrogen-bond acceptors (Lipinski definition) is 2. The predicted octanol–water partition coefficient (Wildman–Crippen LogP) is 11.1. The van der Waals surface area contributed by atoms with Gasteiger partial charge in [0.15, 0.2) is 0 Å². The fraction of sp³-hybridized carbons (Fsp3) is 0.0769. The zero-order valence-corrected chi connectivity index (χ0v) is 23.4. The van der Waals surface area contributed by atoms with Gasteiger partial charge in [0.2, 0.25) is 0 Å². The quantitative estimate of drug-likeness (QED) is 0.184. The summed E-state index contributed by atoms with van der Waals surface area (Å²) in [7, 11) is 0. The average Bonchev–Trinajstić information content (AvgIpc) is 3.05. The van der Waals surface area contributed by atoms with Gasteiger partial charge in [0, 0.05) is 33.8 Å². The van der Waals surface area contributed by atoms with E-state index in [1.165, 1.54) is 33.3 Å². The van der Waals surface area contributed by atoms with Crippen molar-refractivity contribution in [2.24, 2.45) is 0 Å². The summed E-state index contributed by atoms with van der Waals surface area (Å²) >= 11 is 0. The fourth-order valence-corrected chi connectivity index (χ4v) is 5.65. The molecule has 1 aliphatic carbocycles. The van der Waals surface area contributed by atoms with E-state index in [4.69, 9.17) is 0 Å². The lowest BCUT2D eigenvalue weighted by Crippen LogP contribution is -2.16. The highest BCUT2D eigenvalue weighted by Crippen LogP contribution is 2.41. The van der Waals surface area contributed by atoms with Crippen molar-refractivity contribution in [2.45, 2.75) is 19.8 Å². The van der Waals surface area contributed by atoms with Gasteiger partial charge in [-0.15, -0.1) is 0 Å². The molecule has 6 rings (SSSR count). The molecule has 0 aliphatic heterocycles. The van der Waals surface area contributed by atoms with Crippen LogP contribution in [-0.2, 0) is 0 Å². The Morgan fingerprint density at radius 1 is 0.659 bits per heavy atom. The average molecular weight is 531 g/mol. The number of fused-ring (bicyclic) bond motifs is 1. The Bertz CT molecular complexity index is 1740. The van der Waals surface area contributed by atoms with Crippen molar-refractivity contribution in [3.05, 3.63) is 170 Å². The lowest BCUT2D eigenvalue weighted by Gasteiger charge is -2.29. The van der Waals surface area contributed by atoms with Crippen LogP contribution in [0.4, 0.5) is 22.7 Å². The summed E-state index contributed by atoms with van der Waals surface area (Å²) in [4.78, 5) is 4.62. The van der Waals surface area contributed by atoms with Crippen LogP contribution < -0.4 is 9.80 Å². The van der Waals surface area contributed by atoms with Crippen LogP contribution in [0.3, 0.4) is 0 Å². The highest BCUT2D eigenvalue weighted by molar-refractivity contribution is 6.05. The molecule has 0 saturated carbocycles. The van der Waals surface area contributed by atoms with Gasteiger partial charge in [-0.05, 0) is 90.9 Å². The van der Waals surface area contributed by atoms with E-state index in [9.17, 15) is 0 Å². The van der Waals surface area contributed by atoms with Crippen LogP contribution >= 0.6 is 0 Å². The minimum Gasteiger partial charge on any atom is -0.311 e. The number of nitrogens with zero attached hydrogens (tertiary/aromatic N) is 2. The molecule has 5 aromatic carbocycles.